The van der Waals surface area contributed by atoms with Gasteiger partial charge in [0.15, 0.2) is 0 Å². The predicted octanol–water partition coefficient (Wildman–Crippen LogP) is 7.15. The van der Waals surface area contributed by atoms with Crippen LogP contribution >= 0.6 is 0 Å². The number of hydrogen-bond donors (Lipinski definition) is 4. The number of hydrogen-bond acceptors (Lipinski definition) is 4. The van der Waals surface area contributed by atoms with Crippen molar-refractivity contribution in [1.82, 2.24) is 0 Å². The lowest BCUT2D eigenvalue weighted by atomic mass is 9.78. The van der Waals surface area contributed by atoms with Gasteiger partial charge >= 0.3 is 0 Å². The van der Waals surface area contributed by atoms with E-state index in [1.165, 1.54) is 0 Å². The fraction of sp³-hybridized carbons (Fsp3) is 0.0323. The molecule has 6 aromatic carbocycles. The van der Waals surface area contributed by atoms with Crippen LogP contribution in [0.5, 0.6) is 23.0 Å². The molecule has 0 spiro atoms. The average Bonchev–Trinajstić information content (AvgIpc) is 2.86. The van der Waals surface area contributed by atoms with Gasteiger partial charge in [-0.05, 0) is 74.3 Å². The van der Waals surface area contributed by atoms with Crippen LogP contribution < -0.4 is 0 Å². The molecule has 0 aliphatic rings. The average molecular weight is 459 g/mol. The molecule has 170 valence electrons. The summed E-state index contributed by atoms with van der Waals surface area (Å²) >= 11 is 0. The number of phenols is 4. The van der Waals surface area contributed by atoms with Crippen molar-refractivity contribution in [2.75, 3.05) is 0 Å². The minimum absolute atomic E-state index is 0.0938. The zero-order chi connectivity index (χ0) is 24.1. The van der Waals surface area contributed by atoms with Gasteiger partial charge in [-0.2, -0.15) is 0 Å². The van der Waals surface area contributed by atoms with Crippen molar-refractivity contribution in [3.05, 3.63) is 120 Å². The summed E-state index contributed by atoms with van der Waals surface area (Å²) in [5, 5.41) is 47.9. The van der Waals surface area contributed by atoms with Crippen molar-refractivity contribution >= 4 is 32.3 Å². The second-order valence-corrected chi connectivity index (χ2v) is 8.81. The van der Waals surface area contributed by atoms with Crippen molar-refractivity contribution in [3.8, 4) is 23.0 Å². The Hall–Kier alpha value is -4.70. The summed E-state index contributed by atoms with van der Waals surface area (Å²) in [6, 6.07) is 31.0. The van der Waals surface area contributed by atoms with Gasteiger partial charge in [0.25, 0.3) is 0 Å². The predicted molar refractivity (Wildman–Crippen MR) is 139 cm³/mol. The van der Waals surface area contributed by atoms with Crippen LogP contribution in [-0.4, -0.2) is 20.4 Å². The number of phenolic OH excluding ortho intramolecular Hbond substituents is 4. The van der Waals surface area contributed by atoms with E-state index in [0.29, 0.717) is 11.1 Å². The van der Waals surface area contributed by atoms with E-state index in [0.717, 1.165) is 37.9 Å². The van der Waals surface area contributed by atoms with Crippen LogP contribution in [0.15, 0.2) is 103 Å². The minimum atomic E-state index is -0.539. The first kappa shape index (κ1) is 20.9. The highest BCUT2D eigenvalue weighted by atomic mass is 16.3. The zero-order valence-electron chi connectivity index (χ0n) is 18.7. The molecule has 4 N–H and O–H groups in total. The first-order valence-electron chi connectivity index (χ1n) is 11.4. The van der Waals surface area contributed by atoms with Crippen molar-refractivity contribution in [3.63, 3.8) is 0 Å². The summed E-state index contributed by atoms with van der Waals surface area (Å²) in [6.07, 6.45) is 0. The lowest BCUT2D eigenvalue weighted by Gasteiger charge is -2.25. The van der Waals surface area contributed by atoms with Gasteiger partial charge in [-0.15, -0.1) is 0 Å². The molecule has 0 fully saturated rings. The standard InChI is InChI=1S/C31H22O4/c32-21-10-12-24-19(16-21)8-14-27(34)29(24)31(26-7-3-5-18-4-1-2-6-23(18)26)30-25-13-11-22(33)17-20(25)9-15-28(30)35/h1-17,31-35H. The van der Waals surface area contributed by atoms with Crippen LogP contribution in [0.3, 0.4) is 0 Å². The normalized spacial score (nSPS) is 11.6. The number of fused-ring (bicyclic) bond motifs is 3. The summed E-state index contributed by atoms with van der Waals surface area (Å²) in [4.78, 5) is 0. The molecule has 0 atom stereocenters. The van der Waals surface area contributed by atoms with E-state index < -0.39 is 5.92 Å². The molecule has 4 heteroatoms. The Morgan fingerprint density at radius 1 is 0.429 bits per heavy atom. The molecule has 0 aliphatic heterocycles. The summed E-state index contributed by atoms with van der Waals surface area (Å²) in [7, 11) is 0. The first-order chi connectivity index (χ1) is 17.0. The Balaban J connectivity index is 1.80. The van der Waals surface area contributed by atoms with E-state index >= 15 is 0 Å². The maximum absolute atomic E-state index is 11.3. The highest BCUT2D eigenvalue weighted by Gasteiger charge is 2.28. The molecule has 0 heterocycles. The van der Waals surface area contributed by atoms with Crippen molar-refractivity contribution in [2.45, 2.75) is 5.92 Å². The fourth-order valence-corrected chi connectivity index (χ4v) is 5.22. The Kier molecular flexibility index (Phi) is 4.75. The minimum Gasteiger partial charge on any atom is -0.508 e. The smallest absolute Gasteiger partial charge is 0.120 e. The maximum atomic E-state index is 11.3. The largest absolute Gasteiger partial charge is 0.508 e. The quantitative estimate of drug-likeness (QED) is 0.212. The van der Waals surface area contributed by atoms with Crippen molar-refractivity contribution < 1.29 is 20.4 Å². The number of aromatic hydroxyl groups is 4. The number of rotatable bonds is 3. The monoisotopic (exact) mass is 458 g/mol. The van der Waals surface area contributed by atoms with Gasteiger partial charge in [-0.25, -0.2) is 0 Å². The van der Waals surface area contributed by atoms with Crippen molar-refractivity contribution in [2.24, 2.45) is 0 Å². The molecule has 0 bridgehead atoms. The molecule has 0 saturated heterocycles. The molecule has 35 heavy (non-hydrogen) atoms. The molecule has 0 aliphatic carbocycles. The third-order valence-corrected chi connectivity index (χ3v) is 6.76. The van der Waals surface area contributed by atoms with Crippen LogP contribution in [0, 0.1) is 0 Å². The lowest BCUT2D eigenvalue weighted by molar-refractivity contribution is 0.460. The SMILES string of the molecule is Oc1ccc2c(C(c3cccc4ccccc34)c3c(O)ccc4cc(O)ccc34)c(O)ccc2c1. The Bertz CT molecular complexity index is 1660. The lowest BCUT2D eigenvalue weighted by Crippen LogP contribution is -2.07. The van der Waals surface area contributed by atoms with Gasteiger partial charge in [0.05, 0.1) is 0 Å². The molecule has 0 unspecified atom stereocenters. The third-order valence-electron chi connectivity index (χ3n) is 6.76. The van der Waals surface area contributed by atoms with Crippen LogP contribution in [0.4, 0.5) is 0 Å². The van der Waals surface area contributed by atoms with Gasteiger partial charge in [0, 0.05) is 17.0 Å². The molecule has 0 saturated carbocycles. The fourth-order valence-electron chi connectivity index (χ4n) is 5.22. The van der Waals surface area contributed by atoms with Crippen molar-refractivity contribution in [1.29, 1.82) is 0 Å². The van der Waals surface area contributed by atoms with Crippen LogP contribution in [0.1, 0.15) is 22.6 Å². The Morgan fingerprint density at radius 2 is 0.971 bits per heavy atom. The third kappa shape index (κ3) is 3.39. The summed E-state index contributed by atoms with van der Waals surface area (Å²) < 4.78 is 0. The molecular formula is C31H22O4. The van der Waals surface area contributed by atoms with E-state index in [1.807, 2.05) is 42.5 Å². The van der Waals surface area contributed by atoms with Crippen LogP contribution in [0.2, 0.25) is 0 Å². The Morgan fingerprint density at radius 3 is 1.57 bits per heavy atom. The van der Waals surface area contributed by atoms with E-state index in [2.05, 4.69) is 0 Å². The first-order valence-corrected chi connectivity index (χ1v) is 11.4. The van der Waals surface area contributed by atoms with Gasteiger partial charge in [-0.3, -0.25) is 0 Å². The number of benzene rings is 6. The molecule has 6 aromatic rings. The van der Waals surface area contributed by atoms with E-state index in [4.69, 9.17) is 0 Å². The highest BCUT2D eigenvalue weighted by molar-refractivity contribution is 5.97. The van der Waals surface area contributed by atoms with Gasteiger partial charge in [0.2, 0.25) is 0 Å². The molecule has 0 radical (unpaired) electrons. The molecule has 0 amide bonds. The van der Waals surface area contributed by atoms with Crippen LogP contribution in [0.25, 0.3) is 32.3 Å². The highest BCUT2D eigenvalue weighted by Crippen LogP contribution is 2.48. The Labute approximate surface area is 201 Å². The topological polar surface area (TPSA) is 80.9 Å². The summed E-state index contributed by atoms with van der Waals surface area (Å²) in [6.45, 7) is 0. The van der Waals surface area contributed by atoms with Gasteiger partial charge < -0.3 is 20.4 Å². The molecule has 0 aromatic heterocycles. The second kappa shape index (κ2) is 7.96. The second-order valence-electron chi connectivity index (χ2n) is 8.81. The van der Waals surface area contributed by atoms with E-state index in [-0.39, 0.29) is 23.0 Å². The molecule has 6 rings (SSSR count). The van der Waals surface area contributed by atoms with Crippen LogP contribution in [-0.2, 0) is 0 Å². The van der Waals surface area contributed by atoms with E-state index in [1.54, 1.807) is 60.7 Å². The summed E-state index contributed by atoms with van der Waals surface area (Å²) in [5.41, 5.74) is 2.19. The maximum Gasteiger partial charge on any atom is 0.120 e. The van der Waals surface area contributed by atoms with E-state index in [9.17, 15) is 20.4 Å². The molecular weight excluding hydrogens is 436 g/mol. The zero-order valence-corrected chi connectivity index (χ0v) is 18.7. The summed E-state index contributed by atoms with van der Waals surface area (Å²) in [5.74, 6) is -0.0751. The van der Waals surface area contributed by atoms with Gasteiger partial charge in [-0.1, -0.05) is 66.7 Å². The molecule has 4 nitrogen and oxygen atoms in total. The van der Waals surface area contributed by atoms with Gasteiger partial charge in [0.1, 0.15) is 23.0 Å².